The number of esters is 2. The van der Waals surface area contributed by atoms with Crippen LogP contribution in [-0.4, -0.2) is 50.6 Å². The van der Waals surface area contributed by atoms with Gasteiger partial charge in [-0.05, 0) is 43.0 Å². The SMILES string of the molecule is CC[C@@]1(OC(=O)CC[C@@H](NC(=O)[C@@H](N)Cc2ccccc2)C(=O)O)C(=O)OCc2c1cc1n(c2=O)Cc2cc3ccccc3nc2-1. The van der Waals surface area contributed by atoms with Crippen LogP contribution in [0.5, 0.6) is 0 Å². The molecule has 0 saturated carbocycles. The second kappa shape index (κ2) is 12.2. The fraction of sp³-hybridized carbons (Fsp3) is 0.294. The van der Waals surface area contributed by atoms with E-state index >= 15 is 0 Å². The number of benzene rings is 2. The van der Waals surface area contributed by atoms with E-state index in [1.807, 2.05) is 36.4 Å². The molecular formula is C34H32N4O8. The Balaban J connectivity index is 1.22. The number of fused-ring (bicyclic) bond motifs is 5. The molecule has 6 rings (SSSR count). The molecule has 3 atom stereocenters. The molecule has 2 aliphatic heterocycles. The number of para-hydroxylation sites is 1. The average molecular weight is 625 g/mol. The lowest BCUT2D eigenvalue weighted by Gasteiger charge is -2.35. The van der Waals surface area contributed by atoms with E-state index in [-0.39, 0.29) is 42.6 Å². The van der Waals surface area contributed by atoms with E-state index in [1.165, 1.54) is 0 Å². The van der Waals surface area contributed by atoms with Gasteiger partial charge in [-0.3, -0.25) is 14.4 Å². The van der Waals surface area contributed by atoms with Crippen LogP contribution in [0, 0.1) is 0 Å². The Morgan fingerprint density at radius 2 is 1.85 bits per heavy atom. The quantitative estimate of drug-likeness (QED) is 0.196. The van der Waals surface area contributed by atoms with Crippen LogP contribution in [0.25, 0.3) is 22.3 Å². The summed E-state index contributed by atoms with van der Waals surface area (Å²) < 4.78 is 12.7. The van der Waals surface area contributed by atoms with E-state index in [1.54, 1.807) is 41.8 Å². The summed E-state index contributed by atoms with van der Waals surface area (Å²) in [6.45, 7) is 1.63. The average Bonchev–Trinajstić information content (AvgIpc) is 3.41. The number of cyclic esters (lactones) is 1. The molecule has 4 N–H and O–H groups in total. The fourth-order valence-electron chi connectivity index (χ4n) is 6.09. The molecule has 0 spiro atoms. The number of carbonyl (C=O) groups excluding carboxylic acids is 3. The molecule has 0 aliphatic carbocycles. The largest absolute Gasteiger partial charge is 0.480 e. The van der Waals surface area contributed by atoms with Gasteiger partial charge in [-0.1, -0.05) is 55.5 Å². The summed E-state index contributed by atoms with van der Waals surface area (Å²) in [6, 6.07) is 17.8. The van der Waals surface area contributed by atoms with Gasteiger partial charge in [0.15, 0.2) is 0 Å². The van der Waals surface area contributed by atoms with Crippen molar-refractivity contribution in [3.05, 3.63) is 99.3 Å². The number of aromatic nitrogens is 2. The number of nitrogens with two attached hydrogens (primary N) is 1. The summed E-state index contributed by atoms with van der Waals surface area (Å²) in [7, 11) is 0. The van der Waals surface area contributed by atoms with Crippen molar-refractivity contribution in [2.45, 2.75) is 63.4 Å². The number of aliphatic carboxylic acids is 1. The first-order chi connectivity index (χ1) is 22.1. The number of hydrogen-bond donors (Lipinski definition) is 3. The number of carbonyl (C=O) groups is 4. The molecule has 2 aliphatic rings. The van der Waals surface area contributed by atoms with Gasteiger partial charge in [-0.15, -0.1) is 0 Å². The first kappa shape index (κ1) is 30.7. The lowest BCUT2D eigenvalue weighted by molar-refractivity contribution is -0.189. The monoisotopic (exact) mass is 624 g/mol. The summed E-state index contributed by atoms with van der Waals surface area (Å²) in [6.07, 6.45) is -0.618. The Labute approximate surface area is 263 Å². The molecule has 12 heteroatoms. The van der Waals surface area contributed by atoms with Crippen molar-refractivity contribution < 1.29 is 33.8 Å². The number of rotatable bonds is 10. The zero-order chi connectivity index (χ0) is 32.6. The van der Waals surface area contributed by atoms with Crippen LogP contribution < -0.4 is 16.6 Å². The van der Waals surface area contributed by atoms with Crippen molar-refractivity contribution in [1.82, 2.24) is 14.9 Å². The van der Waals surface area contributed by atoms with E-state index < -0.39 is 47.9 Å². The van der Waals surface area contributed by atoms with Crippen molar-refractivity contribution in [2.24, 2.45) is 5.73 Å². The Morgan fingerprint density at radius 1 is 1.11 bits per heavy atom. The minimum atomic E-state index is -1.93. The minimum Gasteiger partial charge on any atom is -0.480 e. The van der Waals surface area contributed by atoms with Gasteiger partial charge in [0, 0.05) is 22.9 Å². The zero-order valence-electron chi connectivity index (χ0n) is 25.0. The molecule has 0 saturated heterocycles. The van der Waals surface area contributed by atoms with E-state index in [0.29, 0.717) is 17.9 Å². The highest BCUT2D eigenvalue weighted by Crippen LogP contribution is 2.41. The second-order valence-electron chi connectivity index (χ2n) is 11.5. The molecule has 2 aromatic carbocycles. The molecule has 236 valence electrons. The van der Waals surface area contributed by atoms with E-state index in [9.17, 15) is 29.1 Å². The van der Waals surface area contributed by atoms with E-state index in [4.69, 9.17) is 20.2 Å². The highest BCUT2D eigenvalue weighted by Gasteiger charge is 2.50. The van der Waals surface area contributed by atoms with Crippen molar-refractivity contribution in [1.29, 1.82) is 0 Å². The van der Waals surface area contributed by atoms with Crippen LogP contribution in [0.2, 0.25) is 0 Å². The Kier molecular flexibility index (Phi) is 8.13. The standard InChI is InChI=1S/C34H32N4O8/c1-2-34(46-28(39)13-12-26(32(42)43)37-30(40)24(35)14-19-8-4-3-5-9-19)23-16-27-29-21(15-20-10-6-7-11-25(20)36-29)17-38(27)31(41)22(23)18-45-33(34)44/h3-11,15-16,24,26H,2,12-14,17-18,35H2,1H3,(H,37,40)(H,42,43)/t24-,26+,34-/m0/s1. The maximum Gasteiger partial charge on any atom is 0.355 e. The highest BCUT2D eigenvalue weighted by atomic mass is 16.6. The summed E-state index contributed by atoms with van der Waals surface area (Å²) in [5, 5.41) is 13.1. The molecule has 1 amide bonds. The molecule has 2 aromatic heterocycles. The van der Waals surface area contributed by atoms with Crippen molar-refractivity contribution in [3.63, 3.8) is 0 Å². The predicted octanol–water partition coefficient (Wildman–Crippen LogP) is 2.55. The van der Waals surface area contributed by atoms with Crippen LogP contribution in [0.3, 0.4) is 0 Å². The number of carboxylic acids is 1. The maximum atomic E-state index is 13.7. The number of nitrogens with zero attached hydrogens (tertiary/aromatic N) is 2. The van der Waals surface area contributed by atoms with Crippen LogP contribution in [-0.2, 0) is 53.8 Å². The molecule has 4 aromatic rings. The van der Waals surface area contributed by atoms with Gasteiger partial charge in [-0.25, -0.2) is 14.6 Å². The van der Waals surface area contributed by atoms with Gasteiger partial charge in [-0.2, -0.15) is 0 Å². The molecule has 12 nitrogen and oxygen atoms in total. The van der Waals surface area contributed by atoms with Gasteiger partial charge < -0.3 is 30.2 Å². The molecule has 4 heterocycles. The summed E-state index contributed by atoms with van der Waals surface area (Å²) in [5.41, 5.74) is 7.59. The Bertz CT molecular complexity index is 1940. The lowest BCUT2D eigenvalue weighted by Crippen LogP contribution is -2.50. The summed E-state index contributed by atoms with van der Waals surface area (Å²) >= 11 is 0. The lowest BCUT2D eigenvalue weighted by atomic mass is 9.85. The maximum absolute atomic E-state index is 13.7. The third-order valence-corrected chi connectivity index (χ3v) is 8.56. The summed E-state index contributed by atoms with van der Waals surface area (Å²) in [5.74, 6) is -3.77. The van der Waals surface area contributed by atoms with E-state index in [0.717, 1.165) is 22.0 Å². The predicted molar refractivity (Wildman–Crippen MR) is 165 cm³/mol. The van der Waals surface area contributed by atoms with Crippen LogP contribution >= 0.6 is 0 Å². The molecule has 0 unspecified atom stereocenters. The van der Waals surface area contributed by atoms with Crippen LogP contribution in [0.1, 0.15) is 48.4 Å². The first-order valence-corrected chi connectivity index (χ1v) is 15.0. The molecule has 0 fully saturated rings. The van der Waals surface area contributed by atoms with Gasteiger partial charge in [0.1, 0.15) is 12.6 Å². The van der Waals surface area contributed by atoms with Crippen LogP contribution in [0.4, 0.5) is 0 Å². The Hall–Kier alpha value is -5.36. The number of ether oxygens (including phenoxy) is 2. The number of pyridine rings is 2. The summed E-state index contributed by atoms with van der Waals surface area (Å²) in [4.78, 5) is 69.7. The highest BCUT2D eigenvalue weighted by molar-refractivity contribution is 5.89. The fourth-order valence-corrected chi connectivity index (χ4v) is 6.09. The van der Waals surface area contributed by atoms with Crippen molar-refractivity contribution in [3.8, 4) is 11.4 Å². The van der Waals surface area contributed by atoms with Gasteiger partial charge >= 0.3 is 17.9 Å². The van der Waals surface area contributed by atoms with Crippen molar-refractivity contribution >= 4 is 34.7 Å². The minimum absolute atomic E-state index is 0.0428. The Morgan fingerprint density at radius 3 is 2.59 bits per heavy atom. The number of hydrogen-bond acceptors (Lipinski definition) is 9. The topological polar surface area (TPSA) is 180 Å². The third kappa shape index (κ3) is 5.51. The van der Waals surface area contributed by atoms with Crippen molar-refractivity contribution in [2.75, 3.05) is 0 Å². The third-order valence-electron chi connectivity index (χ3n) is 8.56. The molecular weight excluding hydrogens is 592 g/mol. The molecule has 46 heavy (non-hydrogen) atoms. The second-order valence-corrected chi connectivity index (χ2v) is 11.5. The first-order valence-electron chi connectivity index (χ1n) is 15.0. The normalized spacial score (nSPS) is 17.7. The van der Waals surface area contributed by atoms with Gasteiger partial charge in [0.05, 0.1) is 35.1 Å². The van der Waals surface area contributed by atoms with Gasteiger partial charge in [0.25, 0.3) is 5.56 Å². The zero-order valence-corrected chi connectivity index (χ0v) is 25.0. The number of amides is 1. The van der Waals surface area contributed by atoms with Gasteiger partial charge in [0.2, 0.25) is 11.5 Å². The number of nitrogens with one attached hydrogen (secondary N) is 1. The smallest absolute Gasteiger partial charge is 0.355 e. The van der Waals surface area contributed by atoms with Crippen LogP contribution in [0.15, 0.2) is 71.5 Å². The number of carboxylic acid groups (broad SMARTS) is 1. The molecule has 0 radical (unpaired) electrons. The molecule has 0 bridgehead atoms. The van der Waals surface area contributed by atoms with E-state index in [2.05, 4.69) is 5.32 Å².